The van der Waals surface area contributed by atoms with E-state index >= 15 is 0 Å². The number of fused-ring (bicyclic) bond motifs is 3. The van der Waals surface area contributed by atoms with Crippen LogP contribution in [0.3, 0.4) is 0 Å². The number of nitrogens with one attached hydrogen (secondary N) is 1. The summed E-state index contributed by atoms with van der Waals surface area (Å²) in [5.74, 6) is 0.169. The molecule has 1 N–H and O–H groups in total. The van der Waals surface area contributed by atoms with Crippen LogP contribution in [-0.4, -0.2) is 70.5 Å². The molecule has 2 aromatic carbocycles. The molecule has 0 saturated heterocycles. The first-order valence-electron chi connectivity index (χ1n) is 12.9. The summed E-state index contributed by atoms with van der Waals surface area (Å²) in [5.41, 5.74) is 1.77. The second-order valence-corrected chi connectivity index (χ2v) is 10.2. The molecule has 0 aliphatic carbocycles. The molecular weight excluding hydrogens is 504 g/mol. The zero-order valence-corrected chi connectivity index (χ0v) is 22.6. The monoisotopic (exact) mass is 535 g/mol. The quantitative estimate of drug-likeness (QED) is 0.498. The number of imidazole rings is 1. The number of rotatable bonds is 6. The van der Waals surface area contributed by atoms with E-state index in [9.17, 15) is 18.4 Å². The molecule has 0 fully saturated rings. The minimum Gasteiger partial charge on any atom is -0.331 e. The molecule has 0 spiro atoms. The maximum Gasteiger partial charge on any atom is 0.321 e. The molecule has 0 radical (unpaired) electrons. The van der Waals surface area contributed by atoms with E-state index in [1.54, 1.807) is 47.8 Å². The van der Waals surface area contributed by atoms with Gasteiger partial charge in [0.1, 0.15) is 23.3 Å². The zero-order valence-electron chi connectivity index (χ0n) is 22.6. The number of benzene rings is 2. The second-order valence-electron chi connectivity index (χ2n) is 10.2. The number of hydrogen-bond donors (Lipinski definition) is 1. The molecule has 1 atom stereocenters. The van der Waals surface area contributed by atoms with Crippen molar-refractivity contribution in [1.29, 1.82) is 0 Å². The predicted octanol–water partition coefficient (Wildman–Crippen LogP) is 4.65. The van der Waals surface area contributed by atoms with E-state index in [0.29, 0.717) is 41.9 Å². The van der Waals surface area contributed by atoms with Crippen molar-refractivity contribution in [3.8, 4) is 11.4 Å². The number of carbonyl (C=O) groups excluding carboxylic acids is 2. The highest BCUT2D eigenvalue weighted by Crippen LogP contribution is 2.38. The van der Waals surface area contributed by atoms with Crippen LogP contribution in [0.4, 0.5) is 25.1 Å². The summed E-state index contributed by atoms with van der Waals surface area (Å²) in [7, 11) is 3.30. The van der Waals surface area contributed by atoms with Gasteiger partial charge in [-0.2, -0.15) is 0 Å². The van der Waals surface area contributed by atoms with Crippen molar-refractivity contribution in [1.82, 2.24) is 19.4 Å². The van der Waals surface area contributed by atoms with Crippen LogP contribution in [0, 0.1) is 17.6 Å². The Hall–Kier alpha value is -4.28. The normalized spacial score (nSPS) is 16.4. The molecule has 3 aromatic rings. The zero-order chi connectivity index (χ0) is 28.0. The van der Waals surface area contributed by atoms with E-state index in [1.165, 1.54) is 17.0 Å². The third-order valence-corrected chi connectivity index (χ3v) is 7.01. The molecule has 2 aliphatic rings. The Labute approximate surface area is 225 Å². The summed E-state index contributed by atoms with van der Waals surface area (Å²) in [4.78, 5) is 40.4. The molecule has 9 nitrogen and oxygen atoms in total. The maximum atomic E-state index is 14.8. The lowest BCUT2D eigenvalue weighted by molar-refractivity contribution is 0.0841. The summed E-state index contributed by atoms with van der Waals surface area (Å²) in [5, 5.41) is 2.79. The molecule has 0 unspecified atom stereocenters. The molecule has 39 heavy (non-hydrogen) atoms. The summed E-state index contributed by atoms with van der Waals surface area (Å²) in [6.45, 7) is 7.06. The molecule has 0 bridgehead atoms. The van der Waals surface area contributed by atoms with E-state index in [2.05, 4.69) is 19.2 Å². The highest BCUT2D eigenvalue weighted by atomic mass is 19.1. The number of anilines is 2. The number of urea groups is 1. The Morgan fingerprint density at radius 3 is 2.49 bits per heavy atom. The number of aromatic nitrogens is 2. The lowest BCUT2D eigenvalue weighted by atomic mass is 10.1. The molecular formula is C28H31F2N7O2. The van der Waals surface area contributed by atoms with Crippen molar-refractivity contribution >= 4 is 29.4 Å². The highest BCUT2D eigenvalue weighted by molar-refractivity contribution is 6.18. The number of aliphatic imine (C=N–C) groups is 1. The predicted molar refractivity (Wildman–Crippen MR) is 146 cm³/mol. The highest BCUT2D eigenvalue weighted by Gasteiger charge is 2.44. The molecule has 3 heterocycles. The third-order valence-electron chi connectivity index (χ3n) is 7.01. The number of carbonyl (C=O) groups is 2. The number of hydrogen-bond acceptors (Lipinski definition) is 5. The van der Waals surface area contributed by atoms with Crippen LogP contribution in [0.1, 0.15) is 36.8 Å². The minimum absolute atomic E-state index is 0.0262. The molecule has 5 rings (SSSR count). The van der Waals surface area contributed by atoms with E-state index in [4.69, 9.17) is 9.98 Å². The van der Waals surface area contributed by atoms with Gasteiger partial charge in [0.2, 0.25) is 5.96 Å². The van der Waals surface area contributed by atoms with Crippen LogP contribution < -0.4 is 10.2 Å². The minimum atomic E-state index is -0.683. The Morgan fingerprint density at radius 1 is 1.15 bits per heavy atom. The maximum absolute atomic E-state index is 14.8. The SMILES string of the molecule is CCN1C(=O)c2nc(-c3ccc(NC(=O)N(C)C)cc3)n(Cc3ccc(F)cc3F)c2N2C[C@@H](C(C)C)N=C12. The van der Waals surface area contributed by atoms with Crippen molar-refractivity contribution < 1.29 is 18.4 Å². The van der Waals surface area contributed by atoms with Gasteiger partial charge in [-0.05, 0) is 43.2 Å². The molecule has 1 aromatic heterocycles. The van der Waals surface area contributed by atoms with Gasteiger partial charge in [0.25, 0.3) is 5.91 Å². The van der Waals surface area contributed by atoms with Gasteiger partial charge in [-0.25, -0.2) is 23.6 Å². The van der Waals surface area contributed by atoms with Gasteiger partial charge in [-0.15, -0.1) is 0 Å². The molecule has 204 valence electrons. The smallest absolute Gasteiger partial charge is 0.321 e. The van der Waals surface area contributed by atoms with Crippen LogP contribution >= 0.6 is 0 Å². The van der Waals surface area contributed by atoms with Gasteiger partial charge in [-0.3, -0.25) is 14.6 Å². The summed E-state index contributed by atoms with van der Waals surface area (Å²) in [6, 6.07) is 10.2. The van der Waals surface area contributed by atoms with Gasteiger partial charge in [0, 0.05) is 43.5 Å². The van der Waals surface area contributed by atoms with Crippen molar-refractivity contribution in [3.63, 3.8) is 0 Å². The van der Waals surface area contributed by atoms with Crippen molar-refractivity contribution in [2.24, 2.45) is 10.9 Å². The second kappa shape index (κ2) is 10.1. The van der Waals surface area contributed by atoms with Crippen molar-refractivity contribution in [2.45, 2.75) is 33.4 Å². The van der Waals surface area contributed by atoms with E-state index in [-0.39, 0.29) is 41.7 Å². The van der Waals surface area contributed by atoms with E-state index in [0.717, 1.165) is 6.07 Å². The Bertz CT molecular complexity index is 1460. The largest absolute Gasteiger partial charge is 0.331 e. The van der Waals surface area contributed by atoms with Gasteiger partial charge in [-0.1, -0.05) is 19.9 Å². The van der Waals surface area contributed by atoms with Gasteiger partial charge in [0.05, 0.1) is 19.1 Å². The first-order valence-corrected chi connectivity index (χ1v) is 12.9. The van der Waals surface area contributed by atoms with E-state index < -0.39 is 11.6 Å². The number of halogens is 2. The average Bonchev–Trinajstić information content (AvgIpc) is 3.49. The third kappa shape index (κ3) is 4.73. The number of amides is 3. The van der Waals surface area contributed by atoms with Crippen LogP contribution in [0.15, 0.2) is 47.5 Å². The fraction of sp³-hybridized carbons (Fsp3) is 0.357. The summed E-state index contributed by atoms with van der Waals surface area (Å²) < 4.78 is 30.3. The van der Waals surface area contributed by atoms with Gasteiger partial charge < -0.3 is 14.8 Å². The first-order chi connectivity index (χ1) is 18.6. The van der Waals surface area contributed by atoms with E-state index in [1.807, 2.05) is 11.8 Å². The summed E-state index contributed by atoms with van der Waals surface area (Å²) >= 11 is 0. The summed E-state index contributed by atoms with van der Waals surface area (Å²) in [6.07, 6.45) is 0. The average molecular weight is 536 g/mol. The van der Waals surface area contributed by atoms with Crippen LogP contribution in [0.2, 0.25) is 0 Å². The Balaban J connectivity index is 1.64. The standard InChI is InChI=1S/C28H31F2N7O2/c1-6-35-26(38)23-25(37-15-22(16(2)3)32-27(35)37)36(14-18-7-10-19(29)13-21(18)30)24(33-23)17-8-11-20(12-9-17)31-28(39)34(4)5/h7-13,16,22H,6,14-15H2,1-5H3,(H,31,39)/t22-/m0/s1. The lowest BCUT2D eigenvalue weighted by Crippen LogP contribution is -2.50. The molecule has 0 saturated carbocycles. The van der Waals surface area contributed by atoms with Crippen LogP contribution in [0.25, 0.3) is 11.4 Å². The fourth-order valence-corrected chi connectivity index (χ4v) is 4.78. The van der Waals surface area contributed by atoms with Crippen molar-refractivity contribution in [2.75, 3.05) is 37.4 Å². The molecule has 3 amide bonds. The van der Waals surface area contributed by atoms with Crippen molar-refractivity contribution in [3.05, 3.63) is 65.4 Å². The Morgan fingerprint density at radius 2 is 1.87 bits per heavy atom. The topological polar surface area (TPSA) is 86.1 Å². The van der Waals surface area contributed by atoms with Crippen LogP contribution in [-0.2, 0) is 6.54 Å². The molecule has 2 aliphatic heterocycles. The fourth-order valence-electron chi connectivity index (χ4n) is 4.78. The Kier molecular flexibility index (Phi) is 6.83. The van der Waals surface area contributed by atoms with Crippen LogP contribution in [0.5, 0.6) is 0 Å². The van der Waals surface area contributed by atoms with Gasteiger partial charge in [0.15, 0.2) is 5.69 Å². The molecule has 11 heteroatoms. The van der Waals surface area contributed by atoms with Gasteiger partial charge >= 0.3 is 6.03 Å². The number of nitrogens with zero attached hydrogens (tertiary/aromatic N) is 6. The lowest BCUT2D eigenvalue weighted by Gasteiger charge is -2.33. The first kappa shape index (κ1) is 26.3. The number of guanidine groups is 1.